The highest BCUT2D eigenvalue weighted by Gasteiger charge is 2.20. The van der Waals surface area contributed by atoms with Gasteiger partial charge in [0.2, 0.25) is 0 Å². The molecule has 1 N–H and O–H groups in total. The molecule has 4 nitrogen and oxygen atoms in total. The Hall–Kier alpha value is -0.810. The molecule has 1 aliphatic rings. The van der Waals surface area contributed by atoms with Crippen LogP contribution in [0.1, 0.15) is 23.4 Å². The molecule has 1 aromatic rings. The van der Waals surface area contributed by atoms with Crippen molar-refractivity contribution < 1.29 is 9.21 Å². The zero-order chi connectivity index (χ0) is 12.3. The van der Waals surface area contributed by atoms with Crippen molar-refractivity contribution >= 4 is 21.8 Å². The van der Waals surface area contributed by atoms with E-state index in [1.54, 1.807) is 17.0 Å². The van der Waals surface area contributed by atoms with E-state index in [1.807, 2.05) is 7.05 Å². The fourth-order valence-electron chi connectivity index (χ4n) is 2.17. The highest BCUT2D eigenvalue weighted by atomic mass is 79.9. The first-order valence-electron chi connectivity index (χ1n) is 5.88. The number of hydrogen-bond acceptors (Lipinski definition) is 3. The maximum atomic E-state index is 12.0. The summed E-state index contributed by atoms with van der Waals surface area (Å²) in [6.07, 6.45) is 2.38. The van der Waals surface area contributed by atoms with E-state index in [2.05, 4.69) is 21.2 Å². The van der Waals surface area contributed by atoms with Gasteiger partial charge >= 0.3 is 0 Å². The largest absolute Gasteiger partial charge is 0.444 e. The molecule has 0 aromatic carbocycles. The second-order valence-electron chi connectivity index (χ2n) is 4.50. The molecule has 94 valence electrons. The monoisotopic (exact) mass is 300 g/mol. The van der Waals surface area contributed by atoms with E-state index >= 15 is 0 Å². The minimum Gasteiger partial charge on any atom is -0.444 e. The average Bonchev–Trinajstić information content (AvgIpc) is 2.76. The first kappa shape index (κ1) is 12.6. The summed E-state index contributed by atoms with van der Waals surface area (Å²) in [4.78, 5) is 13.8. The van der Waals surface area contributed by atoms with Gasteiger partial charge < -0.3 is 14.6 Å². The molecule has 1 saturated heterocycles. The lowest BCUT2D eigenvalue weighted by Gasteiger charge is -2.27. The van der Waals surface area contributed by atoms with Crippen molar-refractivity contribution in [1.29, 1.82) is 0 Å². The maximum absolute atomic E-state index is 12.0. The molecule has 1 aliphatic heterocycles. The number of rotatable bonds is 3. The average molecular weight is 301 g/mol. The number of halogens is 1. The normalized spacial score (nSPS) is 20.2. The number of nitrogens with one attached hydrogen (secondary N) is 1. The third-order valence-corrected chi connectivity index (χ3v) is 3.49. The number of furan rings is 1. The Labute approximate surface area is 109 Å². The van der Waals surface area contributed by atoms with Crippen molar-refractivity contribution in [2.75, 3.05) is 26.7 Å². The zero-order valence-corrected chi connectivity index (χ0v) is 11.5. The smallest absolute Gasteiger partial charge is 0.289 e. The van der Waals surface area contributed by atoms with Crippen molar-refractivity contribution in [2.24, 2.45) is 5.92 Å². The molecule has 1 fully saturated rings. The predicted octanol–water partition coefficient (Wildman–Crippen LogP) is 2.11. The van der Waals surface area contributed by atoms with Crippen molar-refractivity contribution in [3.63, 3.8) is 0 Å². The van der Waals surface area contributed by atoms with Gasteiger partial charge in [-0.15, -0.1) is 0 Å². The van der Waals surface area contributed by atoms with E-state index in [0.29, 0.717) is 16.3 Å². The highest BCUT2D eigenvalue weighted by molar-refractivity contribution is 9.10. The van der Waals surface area contributed by atoms with E-state index in [9.17, 15) is 4.79 Å². The Kier molecular flexibility index (Phi) is 4.23. The van der Waals surface area contributed by atoms with Crippen LogP contribution in [0.25, 0.3) is 0 Å². The van der Waals surface area contributed by atoms with E-state index in [0.717, 1.165) is 19.6 Å². The molecule has 1 atom stereocenters. The van der Waals surface area contributed by atoms with Crippen LogP contribution in [-0.2, 0) is 0 Å². The summed E-state index contributed by atoms with van der Waals surface area (Å²) in [6.45, 7) is 2.88. The van der Waals surface area contributed by atoms with Crippen molar-refractivity contribution in [3.8, 4) is 0 Å². The van der Waals surface area contributed by atoms with Gasteiger partial charge in [0.1, 0.15) is 0 Å². The summed E-state index contributed by atoms with van der Waals surface area (Å²) in [5.41, 5.74) is 0. The van der Waals surface area contributed by atoms with Gasteiger partial charge in [0.05, 0.1) is 0 Å². The molecule has 5 heteroatoms. The predicted molar refractivity (Wildman–Crippen MR) is 69.0 cm³/mol. The Morgan fingerprint density at radius 3 is 3.06 bits per heavy atom. The minimum absolute atomic E-state index is 0.0544. The quantitative estimate of drug-likeness (QED) is 0.930. The summed E-state index contributed by atoms with van der Waals surface area (Å²) in [7, 11) is 1.83. The van der Waals surface area contributed by atoms with Gasteiger partial charge in [-0.1, -0.05) is 0 Å². The van der Waals surface area contributed by atoms with Crippen LogP contribution < -0.4 is 5.32 Å². The van der Waals surface area contributed by atoms with E-state index < -0.39 is 0 Å². The maximum Gasteiger partial charge on any atom is 0.289 e. The zero-order valence-electron chi connectivity index (χ0n) is 9.91. The molecule has 1 unspecified atom stereocenters. The first-order valence-corrected chi connectivity index (χ1v) is 6.67. The van der Waals surface area contributed by atoms with Gasteiger partial charge in [-0.05, 0) is 59.9 Å². The standard InChI is InChI=1S/C12H17BrN2O2/c1-15(8-9-3-2-6-14-7-9)12(16)10-4-5-11(13)17-10/h4-5,9,14H,2-3,6-8H2,1H3. The number of carbonyl (C=O) groups is 1. The van der Waals surface area contributed by atoms with Crippen LogP contribution in [-0.4, -0.2) is 37.5 Å². The SMILES string of the molecule is CN(CC1CCCNC1)C(=O)c1ccc(Br)o1. The summed E-state index contributed by atoms with van der Waals surface area (Å²) in [6, 6.07) is 3.44. The van der Waals surface area contributed by atoms with Crippen LogP contribution in [0, 0.1) is 5.92 Å². The van der Waals surface area contributed by atoms with Crippen molar-refractivity contribution in [3.05, 3.63) is 22.6 Å². The van der Waals surface area contributed by atoms with Crippen LogP contribution >= 0.6 is 15.9 Å². The Bertz CT molecular complexity index is 386. The molecule has 0 radical (unpaired) electrons. The number of hydrogen-bond donors (Lipinski definition) is 1. The molecule has 1 aromatic heterocycles. The van der Waals surface area contributed by atoms with Gasteiger partial charge in [-0.25, -0.2) is 0 Å². The van der Waals surface area contributed by atoms with Gasteiger partial charge in [0, 0.05) is 13.6 Å². The summed E-state index contributed by atoms with van der Waals surface area (Å²) >= 11 is 3.20. The third-order valence-electron chi connectivity index (χ3n) is 3.06. The summed E-state index contributed by atoms with van der Waals surface area (Å²) < 4.78 is 5.86. The Morgan fingerprint density at radius 1 is 1.65 bits per heavy atom. The molecule has 17 heavy (non-hydrogen) atoms. The minimum atomic E-state index is -0.0544. The van der Waals surface area contributed by atoms with Gasteiger partial charge in [0.15, 0.2) is 10.4 Å². The molecule has 0 saturated carbocycles. The number of piperidine rings is 1. The van der Waals surface area contributed by atoms with Crippen LogP contribution in [0.3, 0.4) is 0 Å². The number of amides is 1. The van der Waals surface area contributed by atoms with E-state index in [1.165, 1.54) is 12.8 Å². The van der Waals surface area contributed by atoms with Gasteiger partial charge in [0.25, 0.3) is 5.91 Å². The molecule has 1 amide bonds. The number of carbonyl (C=O) groups excluding carboxylic acids is 1. The van der Waals surface area contributed by atoms with Gasteiger partial charge in [-0.3, -0.25) is 4.79 Å². The molecular formula is C12H17BrN2O2. The lowest BCUT2D eigenvalue weighted by Crippen LogP contribution is -2.39. The summed E-state index contributed by atoms with van der Waals surface area (Å²) in [5, 5.41) is 3.35. The molecule has 0 aliphatic carbocycles. The van der Waals surface area contributed by atoms with Crippen LogP contribution in [0.5, 0.6) is 0 Å². The van der Waals surface area contributed by atoms with Crippen molar-refractivity contribution in [1.82, 2.24) is 10.2 Å². The van der Waals surface area contributed by atoms with Crippen LogP contribution in [0.15, 0.2) is 21.2 Å². The van der Waals surface area contributed by atoms with Crippen molar-refractivity contribution in [2.45, 2.75) is 12.8 Å². The molecule has 0 bridgehead atoms. The lowest BCUT2D eigenvalue weighted by molar-refractivity contribution is 0.0732. The van der Waals surface area contributed by atoms with E-state index in [-0.39, 0.29) is 5.91 Å². The lowest BCUT2D eigenvalue weighted by atomic mass is 9.99. The molecular weight excluding hydrogens is 284 g/mol. The highest BCUT2D eigenvalue weighted by Crippen LogP contribution is 2.17. The fraction of sp³-hybridized carbons (Fsp3) is 0.583. The topological polar surface area (TPSA) is 45.5 Å². The first-order chi connectivity index (χ1) is 8.16. The molecule has 2 rings (SSSR count). The Balaban J connectivity index is 1.90. The van der Waals surface area contributed by atoms with Crippen LogP contribution in [0.4, 0.5) is 0 Å². The fourth-order valence-corrected chi connectivity index (χ4v) is 2.47. The number of nitrogens with zero attached hydrogens (tertiary/aromatic N) is 1. The van der Waals surface area contributed by atoms with E-state index in [4.69, 9.17) is 4.42 Å². The second kappa shape index (κ2) is 5.69. The Morgan fingerprint density at radius 2 is 2.47 bits per heavy atom. The van der Waals surface area contributed by atoms with Crippen LogP contribution in [0.2, 0.25) is 0 Å². The molecule has 2 heterocycles. The van der Waals surface area contributed by atoms with Gasteiger partial charge in [-0.2, -0.15) is 0 Å². The second-order valence-corrected chi connectivity index (χ2v) is 5.28. The summed E-state index contributed by atoms with van der Waals surface area (Å²) in [5.74, 6) is 0.889. The third kappa shape index (κ3) is 3.33. The molecule has 0 spiro atoms.